The number of H-pyrrole nitrogens is 3. The molecule has 794 valence electrons. The second-order valence-corrected chi connectivity index (χ2v) is 44.2. The molecule has 32 nitrogen and oxygen atoms in total. The van der Waals surface area contributed by atoms with Gasteiger partial charge >= 0.3 is 54.3 Å². The first-order valence-electron chi connectivity index (χ1n) is 53.5. The molecule has 10 atom stereocenters. The number of allylic oxidation sites excluding steroid dienone is 3. The van der Waals surface area contributed by atoms with Crippen LogP contribution in [0.1, 0.15) is 408 Å². The number of aryl methyl sites for hydroxylation is 3. The van der Waals surface area contributed by atoms with Crippen LogP contribution in [-0.2, 0) is 42.8 Å². The quantitative estimate of drug-likeness (QED) is 0.0108. The third-order valence-electron chi connectivity index (χ3n) is 26.8. The number of urea groups is 3. The van der Waals surface area contributed by atoms with E-state index < -0.39 is 60.4 Å². The highest BCUT2D eigenvalue weighted by atomic mass is 16.6. The van der Waals surface area contributed by atoms with Crippen LogP contribution in [0.2, 0.25) is 0 Å². The average molecular weight is 1970 g/mol. The van der Waals surface area contributed by atoms with Crippen LogP contribution in [0.25, 0.3) is 0 Å². The Morgan fingerprint density at radius 1 is 0.362 bits per heavy atom. The fourth-order valence-corrected chi connectivity index (χ4v) is 21.3. The smallest absolute Gasteiger partial charge is 0.407 e. The summed E-state index contributed by atoms with van der Waals surface area (Å²) in [6.07, 6.45) is 49.1. The normalized spacial score (nSPS) is 20.1. The minimum Gasteiger partial charge on any atom is -0.462 e. The fraction of sp³-hybridized carbons (Fsp3) is 0.743. The molecule has 3 saturated carbocycles. The van der Waals surface area contributed by atoms with Crippen molar-refractivity contribution in [1.29, 1.82) is 0 Å². The number of amides is 9. The van der Waals surface area contributed by atoms with Crippen molar-refractivity contribution in [3.63, 3.8) is 0 Å². The summed E-state index contributed by atoms with van der Waals surface area (Å²) in [5.74, 6) is -0.828. The number of hydrogen-bond donors (Lipinski definition) is 12. The first-order chi connectivity index (χ1) is 67.1. The van der Waals surface area contributed by atoms with Gasteiger partial charge in [-0.1, -0.05) is 235 Å². The minimum atomic E-state index is -0.973. The summed E-state index contributed by atoms with van der Waals surface area (Å²) < 4.78 is 35.7. The molecule has 32 heteroatoms. The predicted molar refractivity (Wildman–Crippen MR) is 557 cm³/mol. The summed E-state index contributed by atoms with van der Waals surface area (Å²) in [7, 11) is 0. The van der Waals surface area contributed by atoms with Crippen LogP contribution in [-0.4, -0.2) is 155 Å². The van der Waals surface area contributed by atoms with E-state index in [4.69, 9.17) is 28.4 Å². The monoisotopic (exact) mass is 1970 g/mol. The number of nitrogens with zero attached hydrogens (tertiary/aromatic N) is 2. The molecule has 0 radical (unpaired) electrons. The van der Waals surface area contributed by atoms with E-state index in [0.717, 1.165) is 237 Å². The lowest BCUT2D eigenvalue weighted by molar-refractivity contribution is -0.167. The molecule has 0 aliphatic heterocycles. The van der Waals surface area contributed by atoms with Gasteiger partial charge < -0.3 is 65.3 Å². The maximum absolute atomic E-state index is 13.7. The van der Waals surface area contributed by atoms with Gasteiger partial charge in [0.1, 0.15) is 37.3 Å². The Kier molecular flexibility index (Phi) is 54.2. The molecule has 0 spiro atoms. The predicted octanol–water partition coefficient (Wildman–Crippen LogP) is 23.2. The maximum Gasteiger partial charge on any atom is 0.407 e. The van der Waals surface area contributed by atoms with E-state index in [1.807, 2.05) is 0 Å². The van der Waals surface area contributed by atoms with Crippen LogP contribution in [0, 0.1) is 53.3 Å². The molecule has 141 heavy (non-hydrogen) atoms. The fourth-order valence-electron chi connectivity index (χ4n) is 21.3. The first kappa shape index (κ1) is 120. The number of alkyl carbamates (subject to hydrolysis) is 3. The summed E-state index contributed by atoms with van der Waals surface area (Å²) >= 11 is 0. The number of aromatic nitrogens is 5. The number of ether oxygens (including phenoxy) is 6. The SMILES string of the molecule is CCCCCCC(CC=CCCCCCCCC(=O)OCC(COC(=O)CCCCCCCC=CCC(CCCCCC)OC(=O)NC1CC(C)(C)CC(C)(CNC(=O)Nc2nc(C)cc(=O)[nH]2)C1)OC(=O)CCCCCCCC=CCC(CCCCCC)OC(=O)NC1CC(C)(C)CC(C)(CNC(=O)Nc2nc(C)cc(=O)[nH]2)C1)OC(=O)NC1CC(C)(C)CC(C)(CNC(=O)Nc2cc(C)cc(=O)[nH]2)C1. The molecule has 12 N–H and O–H groups in total. The van der Waals surface area contributed by atoms with Crippen molar-refractivity contribution in [2.75, 3.05) is 48.8 Å². The number of pyridine rings is 1. The van der Waals surface area contributed by atoms with Crippen LogP contribution in [0.15, 0.2) is 75.1 Å². The number of nitrogens with one attached hydrogen (secondary N) is 12. The summed E-state index contributed by atoms with van der Waals surface area (Å²) in [4.78, 5) is 172. The number of rotatable bonds is 65. The maximum atomic E-state index is 13.7. The van der Waals surface area contributed by atoms with Crippen molar-refractivity contribution >= 4 is 72.0 Å². The van der Waals surface area contributed by atoms with Gasteiger partial charge in [-0.3, -0.25) is 54.7 Å². The Morgan fingerprint density at radius 3 is 1.01 bits per heavy atom. The van der Waals surface area contributed by atoms with Crippen molar-refractivity contribution < 1.29 is 71.6 Å². The molecule has 3 fully saturated rings. The van der Waals surface area contributed by atoms with Gasteiger partial charge in [-0.25, -0.2) is 38.7 Å². The van der Waals surface area contributed by atoms with E-state index in [9.17, 15) is 57.5 Å². The standard InChI is InChI=1S/C109H180N14O18/c1-16-19-22-43-52-85(139-101(133)115-82-65-104(7,8)73-107(13,68-82)76-110-98(130)119-89-61-79(4)62-90(124)118-89)55-46-37-31-25-28-34-40-49-58-93(127)136-71-88(138-95(129)60-51-42-36-30-27-33-39-48-57-87(54-45-24-21-18-3)141-103(135)117-84-67-106(11,12)75-109(15,70-84)78-112-100(132)123-97-114-81(6)64-92(126)121-97)72-137-94(128)59-50-41-35-29-26-32-38-47-56-86(53-44-23-20-17-2)140-102(134)116-83-66-105(9,10)74-108(14,69-83)77-111-99(131)122-96-113-80(5)63-91(125)120-96/h37-39,46-48,61-64,82-88H,16-36,40-45,49-60,65-78H2,1-15H3,(H,115,133)(H,116,134)(H,117,135)(H3,110,118,119,124,130)(H3,111,113,120,122,125,131)(H3,112,114,121,123,126,132). The van der Waals surface area contributed by atoms with Gasteiger partial charge in [0.05, 0.1) is 0 Å². The lowest BCUT2D eigenvalue weighted by atomic mass is 9.62. The summed E-state index contributed by atoms with van der Waals surface area (Å²) in [6, 6.07) is 4.01. The molecule has 0 saturated heterocycles. The minimum absolute atomic E-state index is 0.0704. The van der Waals surface area contributed by atoms with Crippen LogP contribution in [0.4, 0.5) is 46.5 Å². The van der Waals surface area contributed by atoms with E-state index >= 15 is 0 Å². The third-order valence-corrected chi connectivity index (χ3v) is 26.8. The molecular weight excluding hydrogens is 1790 g/mol. The number of carbonyl (C=O) groups is 9. The van der Waals surface area contributed by atoms with Gasteiger partial charge in [0, 0.05) is 106 Å². The van der Waals surface area contributed by atoms with Crippen molar-refractivity contribution in [1.82, 2.24) is 56.8 Å². The number of aromatic amines is 3. The Labute approximate surface area is 840 Å². The van der Waals surface area contributed by atoms with Gasteiger partial charge in [0.2, 0.25) is 17.5 Å². The number of unbranched alkanes of at least 4 members (excludes halogenated alkanes) is 24. The lowest BCUT2D eigenvalue weighted by Crippen LogP contribution is -2.51. The second-order valence-electron chi connectivity index (χ2n) is 44.2. The highest BCUT2D eigenvalue weighted by Crippen LogP contribution is 2.49. The highest BCUT2D eigenvalue weighted by Gasteiger charge is 2.46. The number of anilines is 3. The lowest BCUT2D eigenvalue weighted by Gasteiger charge is -2.46. The van der Waals surface area contributed by atoms with Crippen LogP contribution >= 0.6 is 0 Å². The molecule has 10 unspecified atom stereocenters. The molecule has 6 rings (SSSR count). The molecule has 3 heterocycles. The molecule has 3 aromatic rings. The van der Waals surface area contributed by atoms with Crippen LogP contribution in [0.3, 0.4) is 0 Å². The average Bonchev–Trinajstić information content (AvgIpc) is 0.802. The van der Waals surface area contributed by atoms with E-state index in [1.165, 1.54) is 18.2 Å². The summed E-state index contributed by atoms with van der Waals surface area (Å²) in [5, 5.41) is 26.4. The van der Waals surface area contributed by atoms with Crippen molar-refractivity contribution in [2.45, 2.75) is 455 Å². The zero-order chi connectivity index (χ0) is 103. The largest absolute Gasteiger partial charge is 0.462 e. The Bertz CT molecular complexity index is 4370. The van der Waals surface area contributed by atoms with Gasteiger partial charge in [-0.15, -0.1) is 0 Å². The van der Waals surface area contributed by atoms with Gasteiger partial charge in [-0.05, 0) is 219 Å². The van der Waals surface area contributed by atoms with Crippen molar-refractivity contribution in [3.05, 3.63) is 109 Å². The molecule has 3 aliphatic rings. The Morgan fingerprint density at radius 2 is 0.674 bits per heavy atom. The molecule has 3 aromatic heterocycles. The molecule has 0 bridgehead atoms. The van der Waals surface area contributed by atoms with Crippen molar-refractivity contribution in [2.24, 2.45) is 32.5 Å². The van der Waals surface area contributed by atoms with E-state index in [0.29, 0.717) is 94.6 Å². The number of carbonyl (C=O) groups excluding carboxylic acids is 9. The second kappa shape index (κ2) is 63.9. The number of esters is 3. The number of hydrogen-bond acceptors (Lipinski definition) is 20. The van der Waals surface area contributed by atoms with Crippen LogP contribution < -0.4 is 64.5 Å². The third kappa shape index (κ3) is 53.8. The van der Waals surface area contributed by atoms with Gasteiger partial charge in [-0.2, -0.15) is 0 Å². The summed E-state index contributed by atoms with van der Waals surface area (Å²) in [5.41, 5.74) is -0.640. The van der Waals surface area contributed by atoms with Crippen LogP contribution in [0.5, 0.6) is 0 Å². The van der Waals surface area contributed by atoms with Crippen molar-refractivity contribution in [3.8, 4) is 0 Å². The molecule has 9 amide bonds. The molecule has 0 aromatic carbocycles. The zero-order valence-electron chi connectivity index (χ0n) is 88.5. The van der Waals surface area contributed by atoms with E-state index in [-0.39, 0.29) is 130 Å². The van der Waals surface area contributed by atoms with E-state index in [2.05, 4.69) is 192 Å². The first-order valence-corrected chi connectivity index (χ1v) is 53.5. The summed E-state index contributed by atoms with van der Waals surface area (Å²) in [6.45, 7) is 31.7. The van der Waals surface area contributed by atoms with Gasteiger partial charge in [0.25, 0.3) is 11.1 Å². The highest BCUT2D eigenvalue weighted by molar-refractivity contribution is 5.89. The molecular formula is C109H180N14O18. The Hall–Kier alpha value is -10.0. The van der Waals surface area contributed by atoms with E-state index in [1.54, 1.807) is 26.8 Å². The topological polar surface area (TPSA) is 442 Å². The van der Waals surface area contributed by atoms with Gasteiger partial charge in [0.15, 0.2) is 6.10 Å². The Balaban J connectivity index is 0.924. The molecule has 3 aliphatic carbocycles. The zero-order valence-corrected chi connectivity index (χ0v) is 88.5.